The zero-order chi connectivity index (χ0) is 18.1. The van der Waals surface area contributed by atoms with E-state index in [-0.39, 0.29) is 11.5 Å². The smallest absolute Gasteiger partial charge is 0.258 e. The van der Waals surface area contributed by atoms with E-state index in [0.717, 1.165) is 28.2 Å². The SMILES string of the molecule is O=C(c1ccccc1Br)N1CCN(Cc2cc(=O)n3ccsc3n2)CC1. The standard InChI is InChI=1S/C18H17BrN4O2S/c19-15-4-2-1-3-14(15)17(25)22-7-5-21(6-8-22)12-13-11-16(24)23-9-10-26-18(23)20-13/h1-4,9-11H,5-8,12H2. The summed E-state index contributed by atoms with van der Waals surface area (Å²) in [6.07, 6.45) is 1.74. The molecule has 1 fully saturated rings. The van der Waals surface area contributed by atoms with Crippen LogP contribution in [-0.4, -0.2) is 51.3 Å². The van der Waals surface area contributed by atoms with Gasteiger partial charge in [0, 0.05) is 54.8 Å². The molecule has 26 heavy (non-hydrogen) atoms. The van der Waals surface area contributed by atoms with E-state index in [0.29, 0.717) is 25.2 Å². The lowest BCUT2D eigenvalue weighted by atomic mass is 10.2. The minimum atomic E-state index is -0.0472. The number of carbonyl (C=O) groups excluding carboxylic acids is 1. The van der Waals surface area contributed by atoms with E-state index in [1.54, 1.807) is 16.7 Å². The first-order chi connectivity index (χ1) is 12.6. The molecule has 134 valence electrons. The van der Waals surface area contributed by atoms with Gasteiger partial charge in [0.25, 0.3) is 11.5 Å². The van der Waals surface area contributed by atoms with Crippen LogP contribution in [0.1, 0.15) is 16.1 Å². The summed E-state index contributed by atoms with van der Waals surface area (Å²) in [6, 6.07) is 9.09. The van der Waals surface area contributed by atoms with Crippen LogP contribution in [-0.2, 0) is 6.54 Å². The molecule has 0 radical (unpaired) electrons. The van der Waals surface area contributed by atoms with Gasteiger partial charge in [-0.2, -0.15) is 0 Å². The fraction of sp³-hybridized carbons (Fsp3) is 0.278. The molecule has 1 saturated heterocycles. The van der Waals surface area contributed by atoms with Gasteiger partial charge < -0.3 is 4.90 Å². The van der Waals surface area contributed by atoms with E-state index in [9.17, 15) is 9.59 Å². The number of rotatable bonds is 3. The number of hydrogen-bond acceptors (Lipinski definition) is 5. The molecule has 0 unspecified atom stereocenters. The lowest BCUT2D eigenvalue weighted by Gasteiger charge is -2.34. The molecule has 2 aromatic heterocycles. The van der Waals surface area contributed by atoms with Crippen LogP contribution in [0.3, 0.4) is 0 Å². The van der Waals surface area contributed by atoms with Gasteiger partial charge in [-0.25, -0.2) is 4.98 Å². The monoisotopic (exact) mass is 432 g/mol. The first-order valence-electron chi connectivity index (χ1n) is 8.34. The van der Waals surface area contributed by atoms with Gasteiger partial charge in [0.15, 0.2) is 4.96 Å². The minimum absolute atomic E-state index is 0.0472. The normalized spacial score (nSPS) is 15.5. The van der Waals surface area contributed by atoms with Crippen LogP contribution in [0, 0.1) is 0 Å². The Balaban J connectivity index is 1.41. The minimum Gasteiger partial charge on any atom is -0.336 e. The molecular formula is C18H17BrN4O2S. The van der Waals surface area contributed by atoms with E-state index >= 15 is 0 Å². The number of fused-ring (bicyclic) bond motifs is 1. The third kappa shape index (κ3) is 3.44. The van der Waals surface area contributed by atoms with Crippen LogP contribution >= 0.6 is 27.3 Å². The van der Waals surface area contributed by atoms with E-state index in [1.165, 1.54) is 11.3 Å². The first-order valence-corrected chi connectivity index (χ1v) is 10.0. The maximum Gasteiger partial charge on any atom is 0.258 e. The van der Waals surface area contributed by atoms with Crippen molar-refractivity contribution in [2.24, 2.45) is 0 Å². The summed E-state index contributed by atoms with van der Waals surface area (Å²) in [5, 5.41) is 1.86. The van der Waals surface area contributed by atoms with Crippen molar-refractivity contribution in [1.82, 2.24) is 19.2 Å². The number of carbonyl (C=O) groups is 1. The number of benzene rings is 1. The van der Waals surface area contributed by atoms with Crippen molar-refractivity contribution in [1.29, 1.82) is 0 Å². The lowest BCUT2D eigenvalue weighted by Crippen LogP contribution is -2.48. The van der Waals surface area contributed by atoms with E-state index in [4.69, 9.17) is 0 Å². The molecule has 0 aliphatic carbocycles. The highest BCUT2D eigenvalue weighted by Crippen LogP contribution is 2.19. The predicted molar refractivity (Wildman–Crippen MR) is 105 cm³/mol. The maximum atomic E-state index is 12.7. The van der Waals surface area contributed by atoms with Crippen molar-refractivity contribution in [2.75, 3.05) is 26.2 Å². The summed E-state index contributed by atoms with van der Waals surface area (Å²) in [5.41, 5.74) is 1.43. The Morgan fingerprint density at radius 2 is 1.96 bits per heavy atom. The summed E-state index contributed by atoms with van der Waals surface area (Å²) >= 11 is 4.90. The number of hydrogen-bond donors (Lipinski definition) is 0. The van der Waals surface area contributed by atoms with Gasteiger partial charge in [-0.05, 0) is 28.1 Å². The van der Waals surface area contributed by atoms with Crippen molar-refractivity contribution < 1.29 is 4.79 Å². The molecule has 0 bridgehead atoms. The number of nitrogens with zero attached hydrogens (tertiary/aromatic N) is 4. The molecule has 6 nitrogen and oxygen atoms in total. The van der Waals surface area contributed by atoms with Gasteiger partial charge in [-0.15, -0.1) is 11.3 Å². The molecule has 3 aromatic rings. The van der Waals surface area contributed by atoms with Gasteiger partial charge >= 0.3 is 0 Å². The summed E-state index contributed by atoms with van der Waals surface area (Å²) in [5.74, 6) is 0.0495. The number of halogens is 1. The molecule has 1 amide bonds. The van der Waals surface area contributed by atoms with Gasteiger partial charge in [-0.1, -0.05) is 12.1 Å². The van der Waals surface area contributed by atoms with Crippen LogP contribution in [0.5, 0.6) is 0 Å². The molecule has 0 N–H and O–H groups in total. The Morgan fingerprint density at radius 3 is 2.73 bits per heavy atom. The van der Waals surface area contributed by atoms with Gasteiger partial charge in [0.2, 0.25) is 0 Å². The average molecular weight is 433 g/mol. The molecule has 4 rings (SSSR count). The zero-order valence-corrected chi connectivity index (χ0v) is 16.4. The van der Waals surface area contributed by atoms with Crippen molar-refractivity contribution >= 4 is 38.1 Å². The van der Waals surface area contributed by atoms with Crippen LogP contribution in [0.15, 0.2) is 51.2 Å². The third-order valence-corrected chi connectivity index (χ3v) is 5.95. The van der Waals surface area contributed by atoms with Gasteiger partial charge in [-0.3, -0.25) is 18.9 Å². The topological polar surface area (TPSA) is 57.9 Å². The van der Waals surface area contributed by atoms with Crippen molar-refractivity contribution in [3.8, 4) is 0 Å². The second-order valence-corrected chi connectivity index (χ2v) is 7.92. The summed E-state index contributed by atoms with van der Waals surface area (Å²) in [6.45, 7) is 3.49. The first kappa shape index (κ1) is 17.4. The van der Waals surface area contributed by atoms with Crippen LogP contribution < -0.4 is 5.56 Å². The summed E-state index contributed by atoms with van der Waals surface area (Å²) in [4.78, 5) is 34.1. The largest absolute Gasteiger partial charge is 0.336 e. The number of amides is 1. The Morgan fingerprint density at radius 1 is 1.19 bits per heavy atom. The zero-order valence-electron chi connectivity index (χ0n) is 14.0. The second-order valence-electron chi connectivity index (χ2n) is 6.19. The molecule has 1 aliphatic heterocycles. The number of aromatic nitrogens is 2. The highest BCUT2D eigenvalue weighted by Gasteiger charge is 2.23. The van der Waals surface area contributed by atoms with Crippen LogP contribution in [0.2, 0.25) is 0 Å². The lowest BCUT2D eigenvalue weighted by molar-refractivity contribution is 0.0626. The number of piperazine rings is 1. The third-order valence-electron chi connectivity index (χ3n) is 4.51. The Bertz CT molecular complexity index is 1010. The molecule has 3 heterocycles. The summed E-state index contributed by atoms with van der Waals surface area (Å²) < 4.78 is 2.38. The van der Waals surface area contributed by atoms with Crippen LogP contribution in [0.25, 0.3) is 4.96 Å². The van der Waals surface area contributed by atoms with Crippen LogP contribution in [0.4, 0.5) is 0 Å². The van der Waals surface area contributed by atoms with Crippen molar-refractivity contribution in [2.45, 2.75) is 6.54 Å². The fourth-order valence-corrected chi connectivity index (χ4v) is 4.31. The Labute approximate surface area is 162 Å². The average Bonchev–Trinajstić information content (AvgIpc) is 3.11. The molecule has 0 saturated carbocycles. The van der Waals surface area contributed by atoms with Gasteiger partial charge in [0.1, 0.15) is 0 Å². The molecule has 0 atom stereocenters. The van der Waals surface area contributed by atoms with E-state index in [2.05, 4.69) is 25.8 Å². The Hall–Kier alpha value is -2.03. The van der Waals surface area contributed by atoms with E-state index in [1.807, 2.05) is 34.5 Å². The molecule has 0 spiro atoms. The van der Waals surface area contributed by atoms with Gasteiger partial charge in [0.05, 0.1) is 11.3 Å². The fourth-order valence-electron chi connectivity index (χ4n) is 3.11. The predicted octanol–water partition coefficient (Wildman–Crippen LogP) is 2.48. The highest BCUT2D eigenvalue weighted by atomic mass is 79.9. The Kier molecular flexibility index (Phi) is 4.88. The quantitative estimate of drug-likeness (QED) is 0.637. The van der Waals surface area contributed by atoms with Crippen molar-refractivity contribution in [3.05, 3.63) is 68.0 Å². The molecule has 8 heteroatoms. The molecule has 1 aromatic carbocycles. The highest BCUT2D eigenvalue weighted by molar-refractivity contribution is 9.10. The van der Waals surface area contributed by atoms with Crippen molar-refractivity contribution in [3.63, 3.8) is 0 Å². The molecule has 1 aliphatic rings. The molecular weight excluding hydrogens is 416 g/mol. The maximum absolute atomic E-state index is 12.7. The second kappa shape index (κ2) is 7.30. The number of thiazole rings is 1. The van der Waals surface area contributed by atoms with E-state index < -0.39 is 0 Å². The summed E-state index contributed by atoms with van der Waals surface area (Å²) in [7, 11) is 0.